The number of aryl methyl sites for hydroxylation is 1. The van der Waals surface area contributed by atoms with E-state index in [-0.39, 0.29) is 17.3 Å². The van der Waals surface area contributed by atoms with E-state index in [1.807, 2.05) is 37.3 Å². The molecule has 1 aromatic heterocycles. The minimum Gasteiger partial charge on any atom is -0.341 e. The van der Waals surface area contributed by atoms with Gasteiger partial charge in [-0.05, 0) is 98.3 Å². The van der Waals surface area contributed by atoms with Crippen molar-refractivity contribution in [3.8, 4) is 0 Å². The van der Waals surface area contributed by atoms with Gasteiger partial charge in [-0.2, -0.15) is 0 Å². The monoisotopic (exact) mass is 683 g/mol. The van der Waals surface area contributed by atoms with Crippen LogP contribution in [-0.4, -0.2) is 32.5 Å². The lowest BCUT2D eigenvalue weighted by molar-refractivity contribution is -0.384. The first-order valence-electron chi connectivity index (χ1n) is 15.9. The number of thioether (sulfide) groups is 1. The van der Waals surface area contributed by atoms with Gasteiger partial charge in [0.15, 0.2) is 0 Å². The molecule has 6 aromatic rings. The predicted octanol–water partition coefficient (Wildman–Crippen LogP) is 8.25. The summed E-state index contributed by atoms with van der Waals surface area (Å²) in [6, 6.07) is 35.3. The van der Waals surface area contributed by atoms with Crippen LogP contribution in [0.1, 0.15) is 29.8 Å². The van der Waals surface area contributed by atoms with Crippen molar-refractivity contribution in [3.63, 3.8) is 0 Å². The molecule has 10 nitrogen and oxygen atoms in total. The number of nitro groups is 1. The maximum atomic E-state index is 13.4. The lowest BCUT2D eigenvalue weighted by atomic mass is 10.1. The van der Waals surface area contributed by atoms with Gasteiger partial charge in [0, 0.05) is 62.3 Å². The van der Waals surface area contributed by atoms with E-state index in [1.165, 1.54) is 42.1 Å². The summed E-state index contributed by atoms with van der Waals surface area (Å²) in [5, 5.41) is 21.4. The fraction of sp³-hybridized carbons (Fsp3) is 0.103. The number of fused-ring (bicyclic) bond motifs is 3. The Morgan fingerprint density at radius 2 is 1.46 bits per heavy atom. The smallest absolute Gasteiger partial charge is 0.272 e. The van der Waals surface area contributed by atoms with Gasteiger partial charge in [-0.15, -0.1) is 11.8 Å². The molecule has 1 atom stereocenters. The minimum absolute atomic E-state index is 0.0473. The van der Waals surface area contributed by atoms with Crippen LogP contribution in [-0.2, 0) is 16.1 Å². The average molecular weight is 684 g/mol. The van der Waals surface area contributed by atoms with Crippen molar-refractivity contribution in [3.05, 3.63) is 148 Å². The molecule has 1 heterocycles. The van der Waals surface area contributed by atoms with E-state index in [9.17, 15) is 24.5 Å². The third-order valence-corrected chi connectivity index (χ3v) is 9.21. The van der Waals surface area contributed by atoms with Gasteiger partial charge >= 0.3 is 0 Å². The summed E-state index contributed by atoms with van der Waals surface area (Å²) in [5.74, 6) is -1.21. The molecule has 3 N–H and O–H groups in total. The number of non-ortho nitro benzene ring substituents is 1. The second-order valence-corrected chi connectivity index (χ2v) is 12.9. The SMILES string of the molecule is CCn1c2ccccc2c2cc(NC(=O)C(C)Sc3ccc(NC(=O)/C(=C/c4ccc([N+](=O)[O-])cc4)NC(=O)c4ccccc4)cc3)ccc21. The van der Waals surface area contributed by atoms with Gasteiger partial charge in [-0.3, -0.25) is 24.5 Å². The molecule has 5 aromatic carbocycles. The zero-order valence-corrected chi connectivity index (χ0v) is 28.1. The van der Waals surface area contributed by atoms with E-state index >= 15 is 0 Å². The summed E-state index contributed by atoms with van der Waals surface area (Å²) < 4.78 is 2.26. The normalized spacial score (nSPS) is 12.0. The summed E-state index contributed by atoms with van der Waals surface area (Å²) in [5.41, 5.74) is 4.18. The van der Waals surface area contributed by atoms with E-state index in [4.69, 9.17) is 0 Å². The molecular weight excluding hydrogens is 651 g/mol. The largest absolute Gasteiger partial charge is 0.341 e. The van der Waals surface area contributed by atoms with Crippen molar-refractivity contribution in [1.82, 2.24) is 9.88 Å². The molecule has 0 fully saturated rings. The van der Waals surface area contributed by atoms with Crippen molar-refractivity contribution in [2.75, 3.05) is 10.6 Å². The van der Waals surface area contributed by atoms with Crippen LogP contribution in [0.5, 0.6) is 0 Å². The van der Waals surface area contributed by atoms with E-state index in [2.05, 4.69) is 39.6 Å². The molecule has 0 aliphatic rings. The number of nitrogens with one attached hydrogen (secondary N) is 3. The lowest BCUT2D eigenvalue weighted by Crippen LogP contribution is -2.30. The van der Waals surface area contributed by atoms with Gasteiger partial charge in [-0.1, -0.05) is 36.4 Å². The number of benzene rings is 5. The highest BCUT2D eigenvalue weighted by Gasteiger charge is 2.18. The second-order valence-electron chi connectivity index (χ2n) is 11.4. The van der Waals surface area contributed by atoms with E-state index < -0.39 is 22.0 Å². The van der Waals surface area contributed by atoms with Gasteiger partial charge in [-0.25, -0.2) is 0 Å². The number of nitrogens with zero attached hydrogens (tertiary/aromatic N) is 2. The predicted molar refractivity (Wildman–Crippen MR) is 199 cm³/mol. The minimum atomic E-state index is -0.584. The summed E-state index contributed by atoms with van der Waals surface area (Å²) in [7, 11) is 0. The molecule has 0 radical (unpaired) electrons. The first kappa shape index (κ1) is 33.7. The van der Waals surface area contributed by atoms with Crippen LogP contribution in [0.15, 0.2) is 132 Å². The van der Waals surface area contributed by atoms with Crippen LogP contribution < -0.4 is 16.0 Å². The Balaban J connectivity index is 1.12. The topological polar surface area (TPSA) is 135 Å². The fourth-order valence-corrected chi connectivity index (χ4v) is 6.46. The molecule has 6 rings (SSSR count). The van der Waals surface area contributed by atoms with Gasteiger partial charge in [0.1, 0.15) is 5.70 Å². The number of aromatic nitrogens is 1. The molecule has 0 saturated carbocycles. The van der Waals surface area contributed by atoms with Gasteiger partial charge in [0.25, 0.3) is 17.5 Å². The number of anilines is 2. The summed E-state index contributed by atoms with van der Waals surface area (Å²) in [6.45, 7) is 4.80. The Morgan fingerprint density at radius 3 is 2.16 bits per heavy atom. The quantitative estimate of drug-likeness (QED) is 0.0545. The van der Waals surface area contributed by atoms with Gasteiger partial charge < -0.3 is 20.5 Å². The second kappa shape index (κ2) is 14.9. The Kier molecular flexibility index (Phi) is 10.1. The van der Waals surface area contributed by atoms with Gasteiger partial charge in [0.2, 0.25) is 5.91 Å². The molecule has 50 heavy (non-hydrogen) atoms. The van der Waals surface area contributed by atoms with Crippen molar-refractivity contribution >= 4 is 74.4 Å². The third kappa shape index (κ3) is 7.58. The van der Waals surface area contributed by atoms with Crippen LogP contribution in [0.2, 0.25) is 0 Å². The van der Waals surface area contributed by atoms with E-state index in [0.29, 0.717) is 16.8 Å². The molecular formula is C39H33N5O5S. The number of rotatable bonds is 11. The Morgan fingerprint density at radius 1 is 0.800 bits per heavy atom. The third-order valence-electron chi connectivity index (χ3n) is 8.09. The highest BCUT2D eigenvalue weighted by atomic mass is 32.2. The number of nitro benzene ring substituents is 1. The number of hydrogen-bond acceptors (Lipinski definition) is 6. The van der Waals surface area contributed by atoms with Crippen molar-refractivity contribution in [2.24, 2.45) is 0 Å². The number of amides is 3. The standard InChI is InChI=1S/C39H33N5O5S/c1-3-43-35-12-8-7-11-32(35)33-24-29(17-22-36(33)43)41-37(45)25(2)50-31-20-15-28(16-21-31)40-39(47)34(42-38(46)27-9-5-4-6-10-27)23-26-13-18-30(19-14-26)44(48)49/h4-25H,3H2,1-2H3,(H,40,47)(H,41,45)(H,42,46)/b34-23-. The summed E-state index contributed by atoms with van der Waals surface area (Å²) >= 11 is 1.38. The van der Waals surface area contributed by atoms with Crippen LogP contribution in [0.3, 0.4) is 0 Å². The molecule has 0 bridgehead atoms. The lowest BCUT2D eigenvalue weighted by Gasteiger charge is -2.14. The van der Waals surface area contributed by atoms with Crippen molar-refractivity contribution < 1.29 is 19.3 Å². The van der Waals surface area contributed by atoms with Gasteiger partial charge in [0.05, 0.1) is 10.2 Å². The molecule has 0 aliphatic carbocycles. The van der Waals surface area contributed by atoms with Crippen LogP contribution in [0.4, 0.5) is 17.1 Å². The Bertz CT molecular complexity index is 2250. The van der Waals surface area contributed by atoms with Crippen LogP contribution >= 0.6 is 11.8 Å². The molecule has 11 heteroatoms. The van der Waals surface area contributed by atoms with Crippen molar-refractivity contribution in [1.29, 1.82) is 0 Å². The number of carbonyl (C=O) groups excluding carboxylic acids is 3. The number of hydrogen-bond donors (Lipinski definition) is 3. The first-order chi connectivity index (χ1) is 24.2. The van der Waals surface area contributed by atoms with Crippen LogP contribution in [0.25, 0.3) is 27.9 Å². The fourth-order valence-electron chi connectivity index (χ4n) is 5.59. The first-order valence-corrected chi connectivity index (χ1v) is 16.8. The summed E-state index contributed by atoms with van der Waals surface area (Å²) in [6.07, 6.45) is 1.45. The maximum absolute atomic E-state index is 13.4. The summed E-state index contributed by atoms with van der Waals surface area (Å²) in [4.78, 5) is 50.9. The molecule has 0 aliphatic heterocycles. The number of carbonyl (C=O) groups is 3. The molecule has 0 spiro atoms. The van der Waals surface area contributed by atoms with E-state index in [1.54, 1.807) is 54.6 Å². The highest BCUT2D eigenvalue weighted by molar-refractivity contribution is 8.00. The average Bonchev–Trinajstić information content (AvgIpc) is 3.45. The molecule has 250 valence electrons. The Labute approximate surface area is 292 Å². The van der Waals surface area contributed by atoms with Crippen molar-refractivity contribution in [2.45, 2.75) is 30.5 Å². The highest BCUT2D eigenvalue weighted by Crippen LogP contribution is 2.32. The molecule has 3 amide bonds. The zero-order valence-electron chi connectivity index (χ0n) is 27.3. The molecule has 0 saturated heterocycles. The zero-order chi connectivity index (χ0) is 35.2. The van der Waals surface area contributed by atoms with Crippen LogP contribution in [0, 0.1) is 10.1 Å². The maximum Gasteiger partial charge on any atom is 0.272 e. The number of para-hydroxylation sites is 1. The molecule has 1 unspecified atom stereocenters. The Hall–Kier alpha value is -6.20. The van der Waals surface area contributed by atoms with E-state index in [0.717, 1.165) is 38.9 Å².